The van der Waals surface area contributed by atoms with E-state index < -0.39 is 23.5 Å². The molecule has 1 atom stereocenters. The van der Waals surface area contributed by atoms with Crippen molar-refractivity contribution in [3.63, 3.8) is 0 Å². The number of carbonyl (C=O) groups is 2. The Hall–Kier alpha value is -4.46. The first-order valence-corrected chi connectivity index (χ1v) is 11.5. The van der Waals surface area contributed by atoms with Crippen LogP contribution in [0.3, 0.4) is 0 Å². The van der Waals surface area contributed by atoms with E-state index >= 15 is 0 Å². The molecule has 0 bridgehead atoms. The summed E-state index contributed by atoms with van der Waals surface area (Å²) >= 11 is 0. The fraction of sp³-hybridized carbons (Fsp3) is 0.179. The second-order valence-corrected chi connectivity index (χ2v) is 8.91. The first-order valence-electron chi connectivity index (χ1n) is 11.5. The van der Waals surface area contributed by atoms with Crippen molar-refractivity contribution in [3.05, 3.63) is 94.8 Å². The van der Waals surface area contributed by atoms with Crippen molar-refractivity contribution < 1.29 is 23.8 Å². The van der Waals surface area contributed by atoms with Gasteiger partial charge in [0, 0.05) is 5.56 Å². The van der Waals surface area contributed by atoms with Gasteiger partial charge in [-0.05, 0) is 59.5 Å². The minimum atomic E-state index is -1.02. The number of aliphatic hydroxyl groups is 1. The smallest absolute Gasteiger partial charge is 0.302 e. The zero-order valence-corrected chi connectivity index (χ0v) is 19.9. The van der Waals surface area contributed by atoms with Crippen LogP contribution in [0, 0.1) is 5.82 Å². The van der Waals surface area contributed by atoms with E-state index in [0.29, 0.717) is 27.9 Å². The Bertz CT molecular complexity index is 1490. The number of para-hydroxylation sites is 2. The highest BCUT2D eigenvalue weighted by Crippen LogP contribution is 2.42. The maximum atomic E-state index is 13.8. The Morgan fingerprint density at radius 2 is 1.81 bits per heavy atom. The minimum Gasteiger partial charge on any atom is -0.507 e. The van der Waals surface area contributed by atoms with Crippen molar-refractivity contribution in [3.8, 4) is 5.75 Å². The van der Waals surface area contributed by atoms with Crippen molar-refractivity contribution >= 4 is 34.4 Å². The summed E-state index contributed by atoms with van der Waals surface area (Å²) in [5, 5.41) is 11.4. The Balaban J connectivity index is 1.72. The molecular weight excluding hydrogens is 461 g/mol. The number of benzene rings is 3. The number of rotatable bonds is 5. The van der Waals surface area contributed by atoms with Crippen LogP contribution >= 0.6 is 0 Å². The van der Waals surface area contributed by atoms with Gasteiger partial charge in [0.15, 0.2) is 0 Å². The van der Waals surface area contributed by atoms with Gasteiger partial charge in [0.05, 0.1) is 29.8 Å². The van der Waals surface area contributed by atoms with E-state index in [4.69, 9.17) is 4.74 Å². The van der Waals surface area contributed by atoms with E-state index in [1.807, 2.05) is 26.0 Å². The molecule has 7 nitrogen and oxygen atoms in total. The van der Waals surface area contributed by atoms with Gasteiger partial charge in [-0.25, -0.2) is 9.37 Å². The monoisotopic (exact) mass is 485 g/mol. The Kier molecular flexibility index (Phi) is 5.80. The van der Waals surface area contributed by atoms with Crippen molar-refractivity contribution in [2.24, 2.45) is 0 Å². The van der Waals surface area contributed by atoms with Gasteiger partial charge in [-0.15, -0.1) is 0 Å². The lowest BCUT2D eigenvalue weighted by atomic mass is 9.93. The molecule has 1 amide bonds. The van der Waals surface area contributed by atoms with Gasteiger partial charge >= 0.3 is 5.91 Å². The quantitative estimate of drug-likeness (QED) is 0.222. The molecule has 2 N–H and O–H groups in total. The van der Waals surface area contributed by atoms with Crippen molar-refractivity contribution in [1.29, 1.82) is 0 Å². The highest BCUT2D eigenvalue weighted by atomic mass is 19.1. The lowest BCUT2D eigenvalue weighted by molar-refractivity contribution is -0.132. The number of fused-ring (bicyclic) bond motifs is 1. The molecule has 1 fully saturated rings. The summed E-state index contributed by atoms with van der Waals surface area (Å²) in [5.74, 6) is -1.60. The fourth-order valence-electron chi connectivity index (χ4n) is 4.55. The Labute approximate surface area is 206 Å². The number of hydrogen-bond acceptors (Lipinski definition) is 5. The van der Waals surface area contributed by atoms with Crippen LogP contribution in [0.15, 0.2) is 72.3 Å². The lowest BCUT2D eigenvalue weighted by Crippen LogP contribution is -2.30. The van der Waals surface area contributed by atoms with E-state index in [1.54, 1.807) is 37.4 Å². The summed E-state index contributed by atoms with van der Waals surface area (Å²) in [6.07, 6.45) is 0. The number of carbonyl (C=O) groups excluding carboxylic acids is 2. The third-order valence-corrected chi connectivity index (χ3v) is 6.36. The number of ketones is 1. The number of nitrogens with zero attached hydrogens (tertiary/aromatic N) is 2. The number of imidazole rings is 1. The van der Waals surface area contributed by atoms with Crippen LogP contribution in [0.2, 0.25) is 0 Å². The van der Waals surface area contributed by atoms with E-state index in [1.165, 1.54) is 29.2 Å². The molecule has 182 valence electrons. The van der Waals surface area contributed by atoms with Gasteiger partial charge in [0.1, 0.15) is 17.3 Å². The zero-order chi connectivity index (χ0) is 25.6. The van der Waals surface area contributed by atoms with E-state index in [9.17, 15) is 19.1 Å². The maximum absolute atomic E-state index is 13.8. The van der Waals surface area contributed by atoms with Crippen molar-refractivity contribution in [1.82, 2.24) is 9.97 Å². The molecule has 5 rings (SSSR count). The average molecular weight is 486 g/mol. The third kappa shape index (κ3) is 3.80. The van der Waals surface area contributed by atoms with Crippen LogP contribution in [-0.4, -0.2) is 33.9 Å². The zero-order valence-electron chi connectivity index (χ0n) is 19.9. The number of hydrogen-bond donors (Lipinski definition) is 2. The van der Waals surface area contributed by atoms with Gasteiger partial charge < -0.3 is 14.8 Å². The number of amides is 1. The van der Waals surface area contributed by atoms with Gasteiger partial charge in [0.25, 0.3) is 5.78 Å². The van der Waals surface area contributed by atoms with Crippen LogP contribution in [0.1, 0.15) is 42.5 Å². The SMILES string of the molecule is COc1ccc(/C(O)=C2\C(=O)C(=O)N(c3nc4ccccc4[nH]3)C2c2ccc(F)cc2)cc1C(C)C. The molecule has 4 aromatic rings. The van der Waals surface area contributed by atoms with Crippen molar-refractivity contribution in [2.45, 2.75) is 25.8 Å². The number of H-pyrrole nitrogens is 1. The number of anilines is 1. The highest BCUT2D eigenvalue weighted by Gasteiger charge is 2.48. The van der Waals surface area contributed by atoms with Crippen LogP contribution in [-0.2, 0) is 9.59 Å². The first-order chi connectivity index (χ1) is 17.3. The van der Waals surface area contributed by atoms with Gasteiger partial charge in [-0.3, -0.25) is 14.5 Å². The largest absolute Gasteiger partial charge is 0.507 e. The molecule has 8 heteroatoms. The Morgan fingerprint density at radius 1 is 1.08 bits per heavy atom. The molecule has 1 aliphatic heterocycles. The van der Waals surface area contributed by atoms with Crippen LogP contribution in [0.5, 0.6) is 5.75 Å². The number of aromatic nitrogens is 2. The standard InChI is InChI=1S/C28H24FN3O4/c1-15(2)19-14-17(10-13-22(19)36-3)25(33)23-24(16-8-11-18(29)12-9-16)32(27(35)26(23)34)28-30-20-6-4-5-7-21(20)31-28/h4-15,24,33H,1-3H3,(H,30,31)/b25-23+. The second kappa shape index (κ2) is 8.96. The molecule has 0 aliphatic carbocycles. The highest BCUT2D eigenvalue weighted by molar-refractivity contribution is 6.51. The van der Waals surface area contributed by atoms with Gasteiger partial charge in [-0.1, -0.05) is 38.1 Å². The molecule has 2 heterocycles. The Morgan fingerprint density at radius 3 is 2.47 bits per heavy atom. The number of aliphatic hydroxyl groups excluding tert-OH is 1. The number of ether oxygens (including phenoxy) is 1. The molecule has 3 aromatic carbocycles. The first kappa shape index (κ1) is 23.3. The average Bonchev–Trinajstić information content (AvgIpc) is 3.42. The summed E-state index contributed by atoms with van der Waals surface area (Å²) in [7, 11) is 1.56. The molecule has 0 saturated carbocycles. The third-order valence-electron chi connectivity index (χ3n) is 6.36. The number of aromatic amines is 1. The molecule has 1 aromatic heterocycles. The number of Topliss-reactive ketones (excluding diaryl/α,β-unsaturated/α-hetero) is 1. The summed E-state index contributed by atoms with van der Waals surface area (Å²) in [5.41, 5.74) is 2.86. The minimum absolute atomic E-state index is 0.0820. The van der Waals surface area contributed by atoms with Crippen LogP contribution in [0.4, 0.5) is 10.3 Å². The normalized spacial score (nSPS) is 17.4. The molecule has 1 unspecified atom stereocenters. The lowest BCUT2D eigenvalue weighted by Gasteiger charge is -2.23. The summed E-state index contributed by atoms with van der Waals surface area (Å²) in [6, 6.07) is 16.8. The van der Waals surface area contributed by atoms with E-state index in [0.717, 1.165) is 5.56 Å². The molecular formula is C28H24FN3O4. The van der Waals surface area contributed by atoms with Gasteiger partial charge in [0.2, 0.25) is 5.95 Å². The fourth-order valence-corrected chi connectivity index (χ4v) is 4.55. The topological polar surface area (TPSA) is 95.5 Å². The predicted octanol–water partition coefficient (Wildman–Crippen LogP) is 5.46. The molecule has 36 heavy (non-hydrogen) atoms. The number of nitrogens with one attached hydrogen (secondary N) is 1. The predicted molar refractivity (Wildman–Crippen MR) is 134 cm³/mol. The molecule has 0 spiro atoms. The maximum Gasteiger partial charge on any atom is 0.302 e. The second-order valence-electron chi connectivity index (χ2n) is 8.91. The summed E-state index contributed by atoms with van der Waals surface area (Å²) < 4.78 is 19.2. The molecule has 0 radical (unpaired) electrons. The van der Waals surface area contributed by atoms with Crippen LogP contribution in [0.25, 0.3) is 16.8 Å². The van der Waals surface area contributed by atoms with Crippen LogP contribution < -0.4 is 9.64 Å². The summed E-state index contributed by atoms with van der Waals surface area (Å²) in [6.45, 7) is 3.97. The molecule has 1 aliphatic rings. The van der Waals surface area contributed by atoms with Gasteiger partial charge in [-0.2, -0.15) is 0 Å². The molecule has 1 saturated heterocycles. The summed E-state index contributed by atoms with van der Waals surface area (Å²) in [4.78, 5) is 35.5. The van der Waals surface area contributed by atoms with E-state index in [2.05, 4.69) is 9.97 Å². The number of halogens is 1. The van der Waals surface area contributed by atoms with Crippen molar-refractivity contribution in [2.75, 3.05) is 12.0 Å². The number of methoxy groups -OCH3 is 1. The van der Waals surface area contributed by atoms with E-state index in [-0.39, 0.29) is 23.2 Å².